The molecule has 1 N–H and O–H groups in total. The van der Waals surface area contributed by atoms with Crippen molar-refractivity contribution >= 4 is 46.2 Å². The molecule has 0 aliphatic carbocycles. The number of anilines is 1. The lowest BCUT2D eigenvalue weighted by Crippen LogP contribution is -2.01. The van der Waals surface area contributed by atoms with Crippen LogP contribution in [0.1, 0.15) is 12.5 Å². The highest BCUT2D eigenvalue weighted by atomic mass is 35.5. The van der Waals surface area contributed by atoms with Gasteiger partial charge < -0.3 is 4.57 Å². The summed E-state index contributed by atoms with van der Waals surface area (Å²) in [4.78, 5) is 4.04. The zero-order valence-electron chi connectivity index (χ0n) is 12.7. The van der Waals surface area contributed by atoms with Crippen molar-refractivity contribution in [2.24, 2.45) is 5.10 Å². The minimum Gasteiger partial charge on any atom is -0.306 e. The summed E-state index contributed by atoms with van der Waals surface area (Å²) in [6.07, 6.45) is 5.38. The standard InChI is InChI=1S/C17H13Cl3N4/c1-11(22-23-17-15(19)8-13(18)9-16(17)20)12-2-4-14(5-3-12)24-7-6-21-10-24/h2-10,23H,1H3. The molecule has 0 aliphatic heterocycles. The van der Waals surface area contributed by atoms with Crippen molar-refractivity contribution in [1.82, 2.24) is 9.55 Å². The van der Waals surface area contributed by atoms with Crippen LogP contribution in [0.15, 0.2) is 60.2 Å². The molecular formula is C17H13Cl3N4. The van der Waals surface area contributed by atoms with Gasteiger partial charge in [0.2, 0.25) is 0 Å². The molecule has 0 saturated carbocycles. The summed E-state index contributed by atoms with van der Waals surface area (Å²) in [5, 5.41) is 5.65. The van der Waals surface area contributed by atoms with Gasteiger partial charge in [0.1, 0.15) is 0 Å². The van der Waals surface area contributed by atoms with E-state index in [1.807, 2.05) is 42.0 Å². The van der Waals surface area contributed by atoms with Gasteiger partial charge >= 0.3 is 0 Å². The lowest BCUT2D eigenvalue weighted by molar-refractivity contribution is 1.06. The maximum Gasteiger partial charge on any atom is 0.0991 e. The van der Waals surface area contributed by atoms with E-state index in [-0.39, 0.29) is 0 Å². The molecule has 1 aromatic heterocycles. The summed E-state index contributed by atoms with van der Waals surface area (Å²) in [6.45, 7) is 1.90. The highest BCUT2D eigenvalue weighted by Gasteiger charge is 2.07. The molecular weight excluding hydrogens is 367 g/mol. The Kier molecular flexibility index (Phi) is 5.09. The second-order valence-electron chi connectivity index (χ2n) is 5.07. The molecule has 122 valence electrons. The van der Waals surface area contributed by atoms with Crippen molar-refractivity contribution in [2.45, 2.75) is 6.92 Å². The first-order valence-corrected chi connectivity index (χ1v) is 8.21. The fourth-order valence-corrected chi connectivity index (χ4v) is 3.04. The van der Waals surface area contributed by atoms with Gasteiger partial charge in [-0.1, -0.05) is 46.9 Å². The predicted octanol–water partition coefficient (Wildman–Crippen LogP) is 5.67. The SMILES string of the molecule is CC(=NNc1c(Cl)cc(Cl)cc1Cl)c1ccc(-n2ccnc2)cc1. The van der Waals surface area contributed by atoms with Crippen LogP contribution in [0.4, 0.5) is 5.69 Å². The third kappa shape index (κ3) is 3.73. The van der Waals surface area contributed by atoms with Crippen LogP contribution in [0, 0.1) is 0 Å². The summed E-state index contributed by atoms with van der Waals surface area (Å²) in [5.41, 5.74) is 6.23. The van der Waals surface area contributed by atoms with Crippen LogP contribution < -0.4 is 5.43 Å². The Balaban J connectivity index is 1.79. The topological polar surface area (TPSA) is 42.2 Å². The van der Waals surface area contributed by atoms with Crippen molar-refractivity contribution < 1.29 is 0 Å². The van der Waals surface area contributed by atoms with Crippen molar-refractivity contribution in [2.75, 3.05) is 5.43 Å². The molecule has 0 saturated heterocycles. The van der Waals surface area contributed by atoms with Crippen LogP contribution in [-0.4, -0.2) is 15.3 Å². The van der Waals surface area contributed by atoms with Gasteiger partial charge in [-0.2, -0.15) is 5.10 Å². The monoisotopic (exact) mass is 378 g/mol. The molecule has 0 aliphatic rings. The molecule has 0 bridgehead atoms. The number of halogens is 3. The molecule has 0 unspecified atom stereocenters. The molecule has 0 fully saturated rings. The van der Waals surface area contributed by atoms with Crippen LogP contribution in [0.25, 0.3) is 5.69 Å². The zero-order valence-corrected chi connectivity index (χ0v) is 14.9. The molecule has 7 heteroatoms. The van der Waals surface area contributed by atoms with Crippen molar-refractivity contribution in [3.63, 3.8) is 0 Å². The van der Waals surface area contributed by atoms with E-state index in [9.17, 15) is 0 Å². The van der Waals surface area contributed by atoms with Crippen LogP contribution >= 0.6 is 34.8 Å². The third-order valence-corrected chi connectivity index (χ3v) is 4.24. The maximum absolute atomic E-state index is 6.13. The number of nitrogens with one attached hydrogen (secondary N) is 1. The Morgan fingerprint density at radius 3 is 2.33 bits per heavy atom. The number of benzene rings is 2. The second-order valence-corrected chi connectivity index (χ2v) is 6.32. The normalized spacial score (nSPS) is 11.6. The Labute approximate surface area is 154 Å². The van der Waals surface area contributed by atoms with Crippen LogP contribution in [0.5, 0.6) is 0 Å². The first kappa shape index (κ1) is 16.8. The Hall–Kier alpha value is -2.01. The number of hydrogen-bond acceptors (Lipinski definition) is 3. The van der Waals surface area contributed by atoms with E-state index >= 15 is 0 Å². The van der Waals surface area contributed by atoms with Gasteiger partial charge in [-0.3, -0.25) is 5.43 Å². The molecule has 1 heterocycles. The van der Waals surface area contributed by atoms with E-state index < -0.39 is 0 Å². The first-order chi connectivity index (χ1) is 11.5. The number of hydrazone groups is 1. The molecule has 0 amide bonds. The highest BCUT2D eigenvalue weighted by Crippen LogP contribution is 2.33. The van der Waals surface area contributed by atoms with E-state index in [2.05, 4.69) is 15.5 Å². The lowest BCUT2D eigenvalue weighted by Gasteiger charge is -2.09. The number of aromatic nitrogens is 2. The average molecular weight is 380 g/mol. The smallest absolute Gasteiger partial charge is 0.0991 e. The number of imidazole rings is 1. The van der Waals surface area contributed by atoms with Gasteiger partial charge in [-0.05, 0) is 36.8 Å². The predicted molar refractivity (Wildman–Crippen MR) is 101 cm³/mol. The maximum atomic E-state index is 6.13. The molecule has 3 aromatic rings. The molecule has 24 heavy (non-hydrogen) atoms. The fourth-order valence-electron chi connectivity index (χ4n) is 2.14. The molecule has 2 aromatic carbocycles. The van der Waals surface area contributed by atoms with Gasteiger partial charge in [0.05, 0.1) is 27.8 Å². The summed E-state index contributed by atoms with van der Waals surface area (Å²) in [7, 11) is 0. The Morgan fingerprint density at radius 2 is 1.75 bits per heavy atom. The summed E-state index contributed by atoms with van der Waals surface area (Å²) < 4.78 is 1.93. The van der Waals surface area contributed by atoms with Gasteiger partial charge in [-0.15, -0.1) is 0 Å². The number of nitrogens with zero attached hydrogens (tertiary/aromatic N) is 3. The van der Waals surface area contributed by atoms with Crippen molar-refractivity contribution in [3.05, 3.63) is 75.8 Å². The van der Waals surface area contributed by atoms with E-state index in [0.717, 1.165) is 17.0 Å². The third-order valence-electron chi connectivity index (χ3n) is 3.43. The first-order valence-electron chi connectivity index (χ1n) is 7.08. The summed E-state index contributed by atoms with van der Waals surface area (Å²) in [6, 6.07) is 11.2. The van der Waals surface area contributed by atoms with Crippen molar-refractivity contribution in [1.29, 1.82) is 0 Å². The van der Waals surface area contributed by atoms with E-state index in [1.54, 1.807) is 24.7 Å². The molecule has 3 rings (SSSR count). The van der Waals surface area contributed by atoms with E-state index in [1.165, 1.54) is 0 Å². The van der Waals surface area contributed by atoms with E-state index in [4.69, 9.17) is 34.8 Å². The molecule has 4 nitrogen and oxygen atoms in total. The average Bonchev–Trinajstić information content (AvgIpc) is 3.08. The van der Waals surface area contributed by atoms with Crippen LogP contribution in [0.3, 0.4) is 0 Å². The van der Waals surface area contributed by atoms with Crippen LogP contribution in [0.2, 0.25) is 15.1 Å². The van der Waals surface area contributed by atoms with Crippen LogP contribution in [-0.2, 0) is 0 Å². The summed E-state index contributed by atoms with van der Waals surface area (Å²) in [5.74, 6) is 0. The van der Waals surface area contributed by atoms with Crippen molar-refractivity contribution in [3.8, 4) is 5.69 Å². The zero-order chi connectivity index (χ0) is 17.1. The second kappa shape index (κ2) is 7.26. The lowest BCUT2D eigenvalue weighted by atomic mass is 10.1. The van der Waals surface area contributed by atoms with Gasteiger partial charge in [0, 0.05) is 23.1 Å². The Bertz CT molecular complexity index is 848. The highest BCUT2D eigenvalue weighted by molar-refractivity contribution is 6.41. The largest absolute Gasteiger partial charge is 0.306 e. The minimum atomic E-state index is 0.416. The Morgan fingerprint density at radius 1 is 1.08 bits per heavy atom. The fraction of sp³-hybridized carbons (Fsp3) is 0.0588. The van der Waals surface area contributed by atoms with E-state index in [0.29, 0.717) is 20.8 Å². The minimum absolute atomic E-state index is 0.416. The van der Waals surface area contributed by atoms with Gasteiger partial charge in [-0.25, -0.2) is 4.98 Å². The molecule has 0 spiro atoms. The quantitative estimate of drug-likeness (QED) is 0.469. The number of rotatable bonds is 4. The van der Waals surface area contributed by atoms with Gasteiger partial charge in [0.25, 0.3) is 0 Å². The summed E-state index contributed by atoms with van der Waals surface area (Å²) >= 11 is 18.2. The van der Waals surface area contributed by atoms with Gasteiger partial charge in [0.15, 0.2) is 0 Å². The molecule has 0 atom stereocenters. The molecule has 0 radical (unpaired) electrons. The number of hydrogen-bond donors (Lipinski definition) is 1.